The fraction of sp³-hybridized carbons (Fsp3) is 0.440. The summed E-state index contributed by atoms with van der Waals surface area (Å²) in [6, 6.07) is 9.48. The maximum absolute atomic E-state index is 12.9. The molecule has 0 unspecified atom stereocenters. The van der Waals surface area contributed by atoms with Crippen molar-refractivity contribution in [3.8, 4) is 17.2 Å². The van der Waals surface area contributed by atoms with Crippen LogP contribution < -0.4 is 19.5 Å². The fourth-order valence-corrected chi connectivity index (χ4v) is 3.96. The molecule has 1 aliphatic heterocycles. The number of nitrogens with zero attached hydrogens (tertiary/aromatic N) is 2. The summed E-state index contributed by atoms with van der Waals surface area (Å²) in [5, 5.41) is 3.00. The first-order valence-electron chi connectivity index (χ1n) is 11.0. The first-order chi connectivity index (χ1) is 15.9. The van der Waals surface area contributed by atoms with E-state index in [9.17, 15) is 9.59 Å². The summed E-state index contributed by atoms with van der Waals surface area (Å²) in [6.45, 7) is 6.81. The van der Waals surface area contributed by atoms with E-state index in [1.807, 2.05) is 36.9 Å². The smallest absolute Gasteiger partial charge is 0.238 e. The van der Waals surface area contributed by atoms with Crippen molar-refractivity contribution in [3.63, 3.8) is 0 Å². The monoisotopic (exact) mass is 455 g/mol. The molecular formula is C25H33N3O5. The summed E-state index contributed by atoms with van der Waals surface area (Å²) < 4.78 is 16.1. The average Bonchev–Trinajstić information content (AvgIpc) is 2.81. The number of amides is 2. The predicted octanol–water partition coefficient (Wildman–Crippen LogP) is 2.65. The van der Waals surface area contributed by atoms with Crippen molar-refractivity contribution >= 4 is 17.5 Å². The zero-order valence-corrected chi connectivity index (χ0v) is 20.1. The lowest BCUT2D eigenvalue weighted by molar-refractivity contribution is -0.132. The maximum Gasteiger partial charge on any atom is 0.238 e. The summed E-state index contributed by atoms with van der Waals surface area (Å²) in [6.07, 6.45) is 0.240. The molecule has 2 aromatic rings. The van der Waals surface area contributed by atoms with Crippen molar-refractivity contribution < 1.29 is 23.8 Å². The van der Waals surface area contributed by atoms with Crippen LogP contribution in [-0.2, 0) is 16.0 Å². The lowest BCUT2D eigenvalue weighted by Crippen LogP contribution is -2.50. The Bertz CT molecular complexity index is 975. The molecule has 178 valence electrons. The minimum Gasteiger partial charge on any atom is -0.493 e. The molecular weight excluding hydrogens is 422 g/mol. The van der Waals surface area contributed by atoms with E-state index in [-0.39, 0.29) is 18.2 Å². The number of carbonyl (C=O) groups is 2. The Balaban J connectivity index is 1.53. The molecule has 0 atom stereocenters. The molecule has 2 aromatic carbocycles. The molecule has 1 aliphatic rings. The number of hydrogen-bond donors (Lipinski definition) is 1. The van der Waals surface area contributed by atoms with Gasteiger partial charge in [0, 0.05) is 31.9 Å². The Morgan fingerprint density at radius 2 is 1.58 bits per heavy atom. The zero-order valence-electron chi connectivity index (χ0n) is 20.1. The zero-order chi connectivity index (χ0) is 24.0. The second kappa shape index (κ2) is 11.0. The van der Waals surface area contributed by atoms with Gasteiger partial charge in [-0.25, -0.2) is 0 Å². The van der Waals surface area contributed by atoms with Gasteiger partial charge in [-0.3, -0.25) is 14.5 Å². The van der Waals surface area contributed by atoms with E-state index in [2.05, 4.69) is 10.2 Å². The van der Waals surface area contributed by atoms with Gasteiger partial charge in [-0.1, -0.05) is 12.1 Å². The third kappa shape index (κ3) is 5.96. The van der Waals surface area contributed by atoms with Crippen LogP contribution in [0.1, 0.15) is 16.7 Å². The van der Waals surface area contributed by atoms with Crippen molar-refractivity contribution in [2.75, 3.05) is 59.4 Å². The van der Waals surface area contributed by atoms with E-state index in [1.165, 1.54) is 0 Å². The molecule has 3 rings (SSSR count). The molecule has 1 saturated heterocycles. The van der Waals surface area contributed by atoms with Crippen LogP contribution in [0.5, 0.6) is 17.2 Å². The fourth-order valence-electron chi connectivity index (χ4n) is 3.96. The number of rotatable bonds is 8. The van der Waals surface area contributed by atoms with Crippen molar-refractivity contribution in [2.45, 2.75) is 20.3 Å². The number of methoxy groups -OCH3 is 3. The largest absolute Gasteiger partial charge is 0.493 e. The van der Waals surface area contributed by atoms with Crippen LogP contribution in [0.4, 0.5) is 5.69 Å². The van der Waals surface area contributed by atoms with Gasteiger partial charge in [-0.05, 0) is 48.7 Å². The number of hydrogen-bond acceptors (Lipinski definition) is 6. The Labute approximate surface area is 195 Å². The highest BCUT2D eigenvalue weighted by Crippen LogP contribution is 2.38. The molecule has 2 amide bonds. The van der Waals surface area contributed by atoms with E-state index >= 15 is 0 Å². The average molecular weight is 456 g/mol. The minimum atomic E-state index is -0.0408. The minimum absolute atomic E-state index is 0.0313. The normalized spacial score (nSPS) is 14.0. The van der Waals surface area contributed by atoms with Crippen molar-refractivity contribution in [2.24, 2.45) is 0 Å². The second-order valence-electron chi connectivity index (χ2n) is 8.16. The molecule has 8 heteroatoms. The molecule has 1 heterocycles. The van der Waals surface area contributed by atoms with Crippen molar-refractivity contribution in [1.82, 2.24) is 9.80 Å². The third-order valence-electron chi connectivity index (χ3n) is 6.05. The number of nitrogens with one attached hydrogen (secondary N) is 1. The quantitative estimate of drug-likeness (QED) is 0.659. The van der Waals surface area contributed by atoms with E-state index in [0.717, 1.165) is 22.4 Å². The maximum atomic E-state index is 12.9. The van der Waals surface area contributed by atoms with Gasteiger partial charge in [0.15, 0.2) is 11.5 Å². The summed E-state index contributed by atoms with van der Waals surface area (Å²) >= 11 is 0. The molecule has 1 N–H and O–H groups in total. The summed E-state index contributed by atoms with van der Waals surface area (Å²) in [5.41, 5.74) is 3.86. The van der Waals surface area contributed by atoms with Gasteiger partial charge < -0.3 is 24.4 Å². The molecule has 0 aliphatic carbocycles. The molecule has 0 bridgehead atoms. The lowest BCUT2D eigenvalue weighted by Gasteiger charge is -2.34. The lowest BCUT2D eigenvalue weighted by atomic mass is 10.1. The van der Waals surface area contributed by atoms with Gasteiger partial charge >= 0.3 is 0 Å². The van der Waals surface area contributed by atoms with E-state index in [0.29, 0.717) is 50.0 Å². The summed E-state index contributed by atoms with van der Waals surface area (Å²) in [5.74, 6) is 1.55. The Morgan fingerprint density at radius 3 is 2.15 bits per heavy atom. The topological polar surface area (TPSA) is 80.3 Å². The predicted molar refractivity (Wildman–Crippen MR) is 127 cm³/mol. The highest BCUT2D eigenvalue weighted by Gasteiger charge is 2.24. The van der Waals surface area contributed by atoms with Gasteiger partial charge in [0.1, 0.15) is 0 Å². The van der Waals surface area contributed by atoms with Crippen LogP contribution >= 0.6 is 0 Å². The molecule has 8 nitrogen and oxygen atoms in total. The van der Waals surface area contributed by atoms with E-state index in [4.69, 9.17) is 14.2 Å². The van der Waals surface area contributed by atoms with Crippen LogP contribution in [0.25, 0.3) is 0 Å². The van der Waals surface area contributed by atoms with Gasteiger partial charge in [0.05, 0.1) is 34.3 Å². The summed E-state index contributed by atoms with van der Waals surface area (Å²) in [7, 11) is 4.66. The van der Waals surface area contributed by atoms with Gasteiger partial charge in [0.25, 0.3) is 0 Å². The molecule has 0 radical (unpaired) electrons. The van der Waals surface area contributed by atoms with Gasteiger partial charge in [-0.15, -0.1) is 0 Å². The number of anilines is 1. The van der Waals surface area contributed by atoms with Crippen LogP contribution in [-0.4, -0.2) is 75.7 Å². The van der Waals surface area contributed by atoms with Crippen LogP contribution in [0.2, 0.25) is 0 Å². The number of piperazine rings is 1. The van der Waals surface area contributed by atoms with Crippen LogP contribution in [0, 0.1) is 13.8 Å². The first kappa shape index (κ1) is 24.4. The Kier molecular flexibility index (Phi) is 8.16. The molecule has 33 heavy (non-hydrogen) atoms. The molecule has 0 saturated carbocycles. The highest BCUT2D eigenvalue weighted by molar-refractivity contribution is 5.93. The number of carbonyl (C=O) groups excluding carboxylic acids is 2. The van der Waals surface area contributed by atoms with Gasteiger partial charge in [0.2, 0.25) is 17.6 Å². The van der Waals surface area contributed by atoms with Crippen LogP contribution in [0.3, 0.4) is 0 Å². The van der Waals surface area contributed by atoms with E-state index < -0.39 is 0 Å². The second-order valence-corrected chi connectivity index (χ2v) is 8.16. The number of benzene rings is 2. The molecule has 0 aromatic heterocycles. The summed E-state index contributed by atoms with van der Waals surface area (Å²) in [4.78, 5) is 29.3. The Hall–Kier alpha value is -3.26. The molecule has 1 fully saturated rings. The van der Waals surface area contributed by atoms with Gasteiger partial charge in [-0.2, -0.15) is 0 Å². The number of aryl methyl sites for hydroxylation is 1. The first-order valence-corrected chi connectivity index (χ1v) is 11.0. The van der Waals surface area contributed by atoms with Crippen LogP contribution in [0.15, 0.2) is 30.3 Å². The Morgan fingerprint density at radius 1 is 0.939 bits per heavy atom. The highest BCUT2D eigenvalue weighted by atomic mass is 16.5. The SMILES string of the molecule is COc1cc(CC(=O)N2CCN(CC(=O)Nc3cccc(C)c3C)CC2)cc(OC)c1OC. The van der Waals surface area contributed by atoms with Crippen molar-refractivity contribution in [1.29, 1.82) is 0 Å². The molecule has 0 spiro atoms. The van der Waals surface area contributed by atoms with E-state index in [1.54, 1.807) is 33.5 Å². The number of ether oxygens (including phenoxy) is 3. The third-order valence-corrected chi connectivity index (χ3v) is 6.05. The standard InChI is InChI=1S/C25H33N3O5/c1-17-7-6-8-20(18(17)2)26-23(29)16-27-9-11-28(12-10-27)24(30)15-19-13-21(31-3)25(33-5)22(14-19)32-4/h6-8,13-14H,9-12,15-16H2,1-5H3,(H,26,29). The van der Waals surface area contributed by atoms with Crippen molar-refractivity contribution in [3.05, 3.63) is 47.0 Å².